The van der Waals surface area contributed by atoms with E-state index in [-0.39, 0.29) is 17.6 Å². The summed E-state index contributed by atoms with van der Waals surface area (Å²) in [6.45, 7) is 3.05. The van der Waals surface area contributed by atoms with Crippen LogP contribution in [0.5, 0.6) is 5.75 Å². The lowest BCUT2D eigenvalue weighted by atomic mass is 9.97. The molecule has 1 amide bonds. The summed E-state index contributed by atoms with van der Waals surface area (Å²) in [6, 6.07) is 11.7. The van der Waals surface area contributed by atoms with Gasteiger partial charge in [-0.3, -0.25) is 4.79 Å². The predicted octanol–water partition coefficient (Wildman–Crippen LogP) is 4.47. The van der Waals surface area contributed by atoms with Gasteiger partial charge in [-0.1, -0.05) is 0 Å². The number of aromatic nitrogens is 3. The van der Waals surface area contributed by atoms with E-state index in [4.69, 9.17) is 9.15 Å². The van der Waals surface area contributed by atoms with Gasteiger partial charge in [0.1, 0.15) is 17.3 Å². The molecule has 0 bridgehead atoms. The average molecular weight is 434 g/mol. The Morgan fingerprint density at radius 3 is 2.88 bits per heavy atom. The van der Waals surface area contributed by atoms with Crippen LogP contribution in [0.15, 0.2) is 53.1 Å². The molecule has 1 aliphatic rings. The number of methoxy groups -OCH3 is 1. The number of amides is 1. The highest BCUT2D eigenvalue weighted by Crippen LogP contribution is 2.31. The van der Waals surface area contributed by atoms with Gasteiger partial charge in [0, 0.05) is 36.3 Å². The van der Waals surface area contributed by atoms with Crippen molar-refractivity contribution >= 4 is 11.6 Å². The molecule has 0 radical (unpaired) electrons. The Bertz CT molecular complexity index is 1300. The molecule has 7 nitrogen and oxygen atoms in total. The zero-order chi connectivity index (χ0) is 22.2. The van der Waals surface area contributed by atoms with Gasteiger partial charge in [0.15, 0.2) is 17.2 Å². The smallest absolute Gasteiger partial charge is 0.289 e. The topological polar surface area (TPSA) is 72.9 Å². The van der Waals surface area contributed by atoms with Crippen LogP contribution in [0.25, 0.3) is 16.8 Å². The molecule has 5 rings (SSSR count). The quantitative estimate of drug-likeness (QED) is 0.474. The molecule has 164 valence electrons. The normalized spacial score (nSPS) is 16.5. The van der Waals surface area contributed by atoms with Crippen molar-refractivity contribution in [1.29, 1.82) is 0 Å². The van der Waals surface area contributed by atoms with Crippen LogP contribution in [-0.2, 0) is 0 Å². The van der Waals surface area contributed by atoms with Crippen LogP contribution in [0, 0.1) is 12.7 Å². The highest BCUT2D eigenvalue weighted by Gasteiger charge is 2.29. The number of hydrogen-bond donors (Lipinski definition) is 0. The van der Waals surface area contributed by atoms with E-state index in [1.54, 1.807) is 34.7 Å². The Balaban J connectivity index is 1.41. The minimum atomic E-state index is -0.334. The van der Waals surface area contributed by atoms with E-state index in [1.807, 2.05) is 25.3 Å². The van der Waals surface area contributed by atoms with Gasteiger partial charge in [-0.2, -0.15) is 5.10 Å². The van der Waals surface area contributed by atoms with Gasteiger partial charge < -0.3 is 14.1 Å². The summed E-state index contributed by atoms with van der Waals surface area (Å²) in [7, 11) is 1.56. The third-order valence-corrected chi connectivity index (χ3v) is 5.84. The molecule has 0 aliphatic carbocycles. The zero-order valence-corrected chi connectivity index (χ0v) is 17.9. The van der Waals surface area contributed by atoms with E-state index < -0.39 is 0 Å². The van der Waals surface area contributed by atoms with Crippen molar-refractivity contribution in [3.05, 3.63) is 71.8 Å². The van der Waals surface area contributed by atoms with Crippen molar-refractivity contribution < 1.29 is 18.3 Å². The number of ether oxygens (including phenoxy) is 1. The number of carbonyl (C=O) groups is 1. The van der Waals surface area contributed by atoms with Crippen molar-refractivity contribution in [2.45, 2.75) is 25.7 Å². The lowest BCUT2D eigenvalue weighted by Gasteiger charge is -2.30. The number of hydrogen-bond acceptors (Lipinski definition) is 5. The molecule has 0 N–H and O–H groups in total. The van der Waals surface area contributed by atoms with Crippen LogP contribution in [0.4, 0.5) is 4.39 Å². The molecular formula is C24H23FN4O3. The Morgan fingerprint density at radius 1 is 1.22 bits per heavy atom. The van der Waals surface area contributed by atoms with Crippen LogP contribution < -0.4 is 4.74 Å². The summed E-state index contributed by atoms with van der Waals surface area (Å²) in [4.78, 5) is 19.3. The summed E-state index contributed by atoms with van der Waals surface area (Å²) < 4.78 is 26.4. The highest BCUT2D eigenvalue weighted by molar-refractivity contribution is 5.91. The monoisotopic (exact) mass is 434 g/mol. The molecule has 4 heterocycles. The van der Waals surface area contributed by atoms with E-state index >= 15 is 0 Å². The van der Waals surface area contributed by atoms with Crippen molar-refractivity contribution in [2.24, 2.45) is 0 Å². The number of piperidine rings is 1. The SMILES string of the molecule is COc1ccc(F)cc1-c1ccc2nc([C@@H]3CCCN(C(=O)c4ccc(C)o4)C3)nn2c1. The van der Waals surface area contributed by atoms with Crippen LogP contribution in [0.3, 0.4) is 0 Å². The second-order valence-electron chi connectivity index (χ2n) is 8.04. The maximum atomic E-state index is 13.8. The van der Waals surface area contributed by atoms with E-state index in [0.717, 1.165) is 24.2 Å². The zero-order valence-electron chi connectivity index (χ0n) is 17.9. The minimum Gasteiger partial charge on any atom is -0.496 e. The molecule has 0 unspecified atom stereocenters. The lowest BCUT2D eigenvalue weighted by Crippen LogP contribution is -2.39. The summed E-state index contributed by atoms with van der Waals surface area (Å²) in [6.07, 6.45) is 3.60. The first-order chi connectivity index (χ1) is 15.5. The molecule has 0 saturated carbocycles. The maximum Gasteiger partial charge on any atom is 0.289 e. The summed E-state index contributed by atoms with van der Waals surface area (Å²) >= 11 is 0. The molecule has 1 atom stereocenters. The average Bonchev–Trinajstić information content (AvgIpc) is 3.44. The standard InChI is InChI=1S/C24H23FN4O3/c1-15-5-8-21(32-15)24(30)28-11-3-4-17(13-28)23-26-22-10-6-16(14-29(22)27-23)19-12-18(25)7-9-20(19)31-2/h5-10,12,14,17H,3-4,11,13H2,1-2H3/t17-/m1/s1. The third kappa shape index (κ3) is 3.72. The number of furan rings is 1. The second kappa shape index (κ2) is 8.11. The first kappa shape index (κ1) is 20.2. The van der Waals surface area contributed by atoms with Crippen molar-refractivity contribution in [3.63, 3.8) is 0 Å². The number of fused-ring (bicyclic) bond motifs is 1. The Hall–Kier alpha value is -3.68. The number of benzene rings is 1. The molecule has 0 spiro atoms. The third-order valence-electron chi connectivity index (χ3n) is 5.84. The fourth-order valence-corrected chi connectivity index (χ4v) is 4.22. The fraction of sp³-hybridized carbons (Fsp3) is 0.292. The van der Waals surface area contributed by atoms with E-state index in [0.29, 0.717) is 41.6 Å². The Labute approximate surface area is 184 Å². The molecule has 3 aromatic heterocycles. The molecule has 8 heteroatoms. The van der Waals surface area contributed by atoms with Gasteiger partial charge in [0.25, 0.3) is 5.91 Å². The maximum absolute atomic E-state index is 13.8. The Morgan fingerprint density at radius 2 is 2.09 bits per heavy atom. The second-order valence-corrected chi connectivity index (χ2v) is 8.04. The Kier molecular flexibility index (Phi) is 5.13. The van der Waals surface area contributed by atoms with Crippen molar-refractivity contribution in [3.8, 4) is 16.9 Å². The minimum absolute atomic E-state index is 0.0378. The number of nitrogens with zero attached hydrogens (tertiary/aromatic N) is 4. The number of carbonyl (C=O) groups excluding carboxylic acids is 1. The molecule has 1 fully saturated rings. The first-order valence-corrected chi connectivity index (χ1v) is 10.6. The van der Waals surface area contributed by atoms with E-state index in [9.17, 15) is 9.18 Å². The molecule has 1 saturated heterocycles. The molecule has 4 aromatic rings. The van der Waals surface area contributed by atoms with Gasteiger partial charge in [0.05, 0.1) is 7.11 Å². The van der Waals surface area contributed by atoms with Crippen LogP contribution in [-0.4, -0.2) is 45.6 Å². The number of aryl methyl sites for hydroxylation is 1. The number of halogens is 1. The van der Waals surface area contributed by atoms with Crippen LogP contribution >= 0.6 is 0 Å². The molecular weight excluding hydrogens is 411 g/mol. The van der Waals surface area contributed by atoms with Gasteiger partial charge in [-0.15, -0.1) is 0 Å². The largest absolute Gasteiger partial charge is 0.496 e. The summed E-state index contributed by atoms with van der Waals surface area (Å²) in [5.74, 6) is 1.96. The fourth-order valence-electron chi connectivity index (χ4n) is 4.22. The molecule has 1 aliphatic heterocycles. The molecule has 1 aromatic carbocycles. The summed E-state index contributed by atoms with van der Waals surface area (Å²) in [5, 5.41) is 4.68. The number of rotatable bonds is 4. The number of likely N-dealkylation sites (tertiary alicyclic amines) is 1. The van der Waals surface area contributed by atoms with E-state index in [1.165, 1.54) is 12.1 Å². The van der Waals surface area contributed by atoms with Crippen molar-refractivity contribution in [1.82, 2.24) is 19.5 Å². The molecule has 32 heavy (non-hydrogen) atoms. The van der Waals surface area contributed by atoms with Gasteiger partial charge in [-0.05, 0) is 62.2 Å². The van der Waals surface area contributed by atoms with E-state index in [2.05, 4.69) is 10.1 Å². The van der Waals surface area contributed by atoms with Gasteiger partial charge in [-0.25, -0.2) is 13.9 Å². The van der Waals surface area contributed by atoms with Crippen LogP contribution in [0.2, 0.25) is 0 Å². The van der Waals surface area contributed by atoms with Crippen molar-refractivity contribution in [2.75, 3.05) is 20.2 Å². The van der Waals surface area contributed by atoms with Gasteiger partial charge >= 0.3 is 0 Å². The summed E-state index contributed by atoms with van der Waals surface area (Å²) in [5.41, 5.74) is 2.12. The lowest BCUT2D eigenvalue weighted by molar-refractivity contribution is 0.0671. The predicted molar refractivity (Wildman–Crippen MR) is 116 cm³/mol. The number of pyridine rings is 1. The van der Waals surface area contributed by atoms with Crippen LogP contribution in [0.1, 0.15) is 40.9 Å². The highest BCUT2D eigenvalue weighted by atomic mass is 19.1. The first-order valence-electron chi connectivity index (χ1n) is 10.6. The van der Waals surface area contributed by atoms with Gasteiger partial charge in [0.2, 0.25) is 0 Å².